The van der Waals surface area contributed by atoms with E-state index < -0.39 is 0 Å². The number of hydrogen-bond donors (Lipinski definition) is 0. The predicted octanol–water partition coefficient (Wildman–Crippen LogP) is 2.71. The fraction of sp³-hybridized carbons (Fsp3) is 0.304. The maximum Gasteiger partial charge on any atom is 0.258 e. The molecule has 2 fully saturated rings. The van der Waals surface area contributed by atoms with Crippen molar-refractivity contribution in [1.29, 1.82) is 0 Å². The zero-order valence-corrected chi connectivity index (χ0v) is 16.3. The first-order chi connectivity index (χ1) is 14.3. The Labute approximate surface area is 170 Å². The molecule has 0 unspecified atom stereocenters. The highest BCUT2D eigenvalue weighted by molar-refractivity contribution is 5.46. The van der Waals surface area contributed by atoms with Gasteiger partial charge in [-0.05, 0) is 43.3 Å². The van der Waals surface area contributed by atoms with Crippen molar-refractivity contribution in [2.24, 2.45) is 0 Å². The molecule has 0 amide bonds. The lowest BCUT2D eigenvalue weighted by molar-refractivity contribution is 0.0974. The van der Waals surface area contributed by atoms with E-state index in [-0.39, 0.29) is 5.56 Å². The summed E-state index contributed by atoms with van der Waals surface area (Å²) in [5, 5.41) is 0. The monoisotopic (exact) mass is 388 g/mol. The molecule has 0 bridgehead atoms. The van der Waals surface area contributed by atoms with Gasteiger partial charge in [0.05, 0.1) is 11.9 Å². The minimum absolute atomic E-state index is 0.132. The Morgan fingerprint density at radius 1 is 1.03 bits per heavy atom. The van der Waals surface area contributed by atoms with Crippen molar-refractivity contribution in [3.8, 4) is 11.4 Å². The second-order valence-electron chi connectivity index (χ2n) is 7.67. The summed E-state index contributed by atoms with van der Waals surface area (Å²) in [6.07, 6.45) is 4.83. The van der Waals surface area contributed by atoms with Gasteiger partial charge in [-0.3, -0.25) is 14.3 Å². The second-order valence-corrected chi connectivity index (χ2v) is 7.67. The summed E-state index contributed by atoms with van der Waals surface area (Å²) in [6.45, 7) is 4.99. The molecule has 1 aromatic carbocycles. The molecular weight excluding hydrogens is 364 g/mol. The van der Waals surface area contributed by atoms with Gasteiger partial charge in [-0.2, -0.15) is 0 Å². The highest BCUT2D eigenvalue weighted by Gasteiger charge is 2.34. The van der Waals surface area contributed by atoms with E-state index in [1.54, 1.807) is 17.0 Å². The summed E-state index contributed by atoms with van der Waals surface area (Å²) in [7, 11) is 0. The van der Waals surface area contributed by atoms with Crippen LogP contribution in [0.15, 0.2) is 71.8 Å². The molecule has 148 valence electrons. The summed E-state index contributed by atoms with van der Waals surface area (Å²) < 4.78 is 7.33. The van der Waals surface area contributed by atoms with E-state index in [2.05, 4.69) is 14.8 Å². The maximum absolute atomic E-state index is 12.5. The third kappa shape index (κ3) is 3.76. The van der Waals surface area contributed by atoms with Gasteiger partial charge in [0, 0.05) is 31.4 Å². The molecule has 5 rings (SSSR count). The van der Waals surface area contributed by atoms with Crippen LogP contribution >= 0.6 is 0 Å². The Morgan fingerprint density at radius 3 is 2.52 bits per heavy atom. The van der Waals surface area contributed by atoms with Crippen LogP contribution in [0, 0.1) is 0 Å². The average molecular weight is 388 g/mol. The van der Waals surface area contributed by atoms with Crippen LogP contribution < -0.4 is 15.2 Å². The number of likely N-dealkylation sites (tertiary alicyclic amines) is 1. The van der Waals surface area contributed by atoms with Crippen LogP contribution in [0.5, 0.6) is 5.75 Å². The minimum atomic E-state index is -0.132. The lowest BCUT2D eigenvalue weighted by atomic mass is 10.0. The fourth-order valence-corrected chi connectivity index (χ4v) is 3.79. The van der Waals surface area contributed by atoms with Crippen molar-refractivity contribution in [2.75, 3.05) is 31.1 Å². The van der Waals surface area contributed by atoms with Crippen LogP contribution in [0.25, 0.3) is 5.69 Å². The van der Waals surface area contributed by atoms with E-state index in [1.165, 1.54) is 25.6 Å². The molecule has 0 saturated carbocycles. The number of ether oxygens (including phenoxy) is 1. The summed E-state index contributed by atoms with van der Waals surface area (Å²) in [5.41, 5.74) is 1.69. The van der Waals surface area contributed by atoms with Crippen molar-refractivity contribution in [1.82, 2.24) is 14.5 Å². The first-order valence-corrected chi connectivity index (χ1v) is 10.1. The number of hydrogen-bond acceptors (Lipinski definition) is 5. The number of aromatic nitrogens is 2. The van der Waals surface area contributed by atoms with Crippen molar-refractivity contribution < 1.29 is 4.74 Å². The molecule has 0 atom stereocenters. The van der Waals surface area contributed by atoms with Crippen LogP contribution in [0.2, 0.25) is 0 Å². The fourth-order valence-electron chi connectivity index (χ4n) is 3.79. The van der Waals surface area contributed by atoms with E-state index in [9.17, 15) is 4.79 Å². The van der Waals surface area contributed by atoms with E-state index in [1.807, 2.05) is 48.5 Å². The van der Waals surface area contributed by atoms with Gasteiger partial charge >= 0.3 is 0 Å². The van der Waals surface area contributed by atoms with Gasteiger partial charge in [0.2, 0.25) is 0 Å². The number of anilines is 1. The first kappa shape index (κ1) is 17.9. The molecule has 2 aromatic heterocycles. The number of nitrogens with zero attached hydrogens (tertiary/aromatic N) is 4. The Morgan fingerprint density at radius 2 is 1.86 bits per heavy atom. The van der Waals surface area contributed by atoms with Gasteiger partial charge in [-0.15, -0.1) is 0 Å². The third-order valence-corrected chi connectivity index (χ3v) is 5.74. The van der Waals surface area contributed by atoms with E-state index >= 15 is 0 Å². The van der Waals surface area contributed by atoms with Crippen molar-refractivity contribution in [3.05, 3.63) is 82.9 Å². The zero-order valence-electron chi connectivity index (χ0n) is 16.3. The van der Waals surface area contributed by atoms with Gasteiger partial charge in [-0.1, -0.05) is 30.3 Å². The van der Waals surface area contributed by atoms with Crippen LogP contribution in [0.4, 0.5) is 5.82 Å². The van der Waals surface area contributed by atoms with Crippen LogP contribution in [-0.2, 0) is 6.61 Å². The third-order valence-electron chi connectivity index (χ3n) is 5.74. The molecular formula is C23H24N4O2. The first-order valence-electron chi connectivity index (χ1n) is 10.1. The maximum atomic E-state index is 12.5. The summed E-state index contributed by atoms with van der Waals surface area (Å²) in [4.78, 5) is 21.9. The highest BCUT2D eigenvalue weighted by Crippen LogP contribution is 2.25. The quantitative estimate of drug-likeness (QED) is 0.650. The normalized spacial score (nSPS) is 16.9. The largest absolute Gasteiger partial charge is 0.489 e. The van der Waals surface area contributed by atoms with Crippen LogP contribution in [0.1, 0.15) is 12.0 Å². The molecule has 0 radical (unpaired) electrons. The second kappa shape index (κ2) is 7.72. The van der Waals surface area contributed by atoms with Crippen LogP contribution in [0.3, 0.4) is 0 Å². The molecule has 3 aromatic rings. The molecule has 0 spiro atoms. The smallest absolute Gasteiger partial charge is 0.258 e. The molecule has 29 heavy (non-hydrogen) atoms. The van der Waals surface area contributed by atoms with Gasteiger partial charge in [-0.25, -0.2) is 4.98 Å². The molecule has 2 aliphatic heterocycles. The predicted molar refractivity (Wildman–Crippen MR) is 113 cm³/mol. The summed E-state index contributed by atoms with van der Waals surface area (Å²) in [6, 6.07) is 17.9. The number of benzene rings is 1. The minimum Gasteiger partial charge on any atom is -0.489 e. The lowest BCUT2D eigenvalue weighted by Crippen LogP contribution is -2.63. The topological polar surface area (TPSA) is 50.6 Å². The van der Waals surface area contributed by atoms with Gasteiger partial charge in [0.1, 0.15) is 18.2 Å². The molecule has 6 nitrogen and oxygen atoms in total. The summed E-state index contributed by atoms with van der Waals surface area (Å²) in [5.74, 6) is 1.54. The SMILES string of the molecule is O=c1cc(OCc2ccccc2)ccn1-c1ccc(N2CC(N3CCC3)C2)nc1. The molecule has 2 aliphatic rings. The number of rotatable bonds is 6. The number of pyridine rings is 2. The van der Waals surface area contributed by atoms with E-state index in [0.717, 1.165) is 30.2 Å². The van der Waals surface area contributed by atoms with E-state index in [0.29, 0.717) is 18.4 Å². The standard InChI is InChI=1S/C23H24N4O2/c28-23-13-21(29-17-18-5-2-1-3-6-18)9-12-27(23)19-7-8-22(24-14-19)26-15-20(16-26)25-10-4-11-25/h1-3,5-9,12-14,20H,4,10-11,15-17H2. The van der Waals surface area contributed by atoms with Crippen molar-refractivity contribution >= 4 is 5.82 Å². The average Bonchev–Trinajstić information content (AvgIpc) is 2.68. The van der Waals surface area contributed by atoms with Gasteiger partial charge in [0.15, 0.2) is 0 Å². The van der Waals surface area contributed by atoms with Crippen molar-refractivity contribution in [3.63, 3.8) is 0 Å². The lowest BCUT2D eigenvalue weighted by Gasteiger charge is -2.49. The molecule has 0 N–H and O–H groups in total. The van der Waals surface area contributed by atoms with Crippen molar-refractivity contribution in [2.45, 2.75) is 19.1 Å². The Bertz CT molecular complexity index is 1020. The Hall–Kier alpha value is -3.12. The van der Waals surface area contributed by atoms with Gasteiger partial charge < -0.3 is 9.64 Å². The Kier molecular flexibility index (Phi) is 4.77. The Balaban J connectivity index is 1.23. The molecule has 0 aliphatic carbocycles. The summed E-state index contributed by atoms with van der Waals surface area (Å²) >= 11 is 0. The van der Waals surface area contributed by atoms with E-state index in [4.69, 9.17) is 4.74 Å². The molecule has 4 heterocycles. The van der Waals surface area contributed by atoms with Gasteiger partial charge in [0.25, 0.3) is 5.56 Å². The highest BCUT2D eigenvalue weighted by atomic mass is 16.5. The van der Waals surface area contributed by atoms with Crippen LogP contribution in [-0.4, -0.2) is 46.7 Å². The molecule has 2 saturated heterocycles. The zero-order chi connectivity index (χ0) is 19.6. The molecule has 6 heteroatoms.